The molecule has 0 N–H and O–H groups in total. The number of ether oxygens (including phenoxy) is 1. The van der Waals surface area contributed by atoms with Gasteiger partial charge >= 0.3 is 5.97 Å². The molecular formula is C23H23NO5. The van der Waals surface area contributed by atoms with E-state index in [1.165, 1.54) is 6.92 Å². The predicted octanol–water partition coefficient (Wildman–Crippen LogP) is 2.16. The normalized spacial score (nSPS) is 34.6. The Morgan fingerprint density at radius 1 is 1.03 bits per heavy atom. The van der Waals surface area contributed by atoms with Crippen molar-refractivity contribution in [3.8, 4) is 0 Å². The number of carbonyl (C=O) groups excluding carboxylic acids is 4. The number of esters is 1. The maximum Gasteiger partial charge on any atom is 0.326 e. The van der Waals surface area contributed by atoms with Crippen LogP contribution in [0.4, 0.5) is 0 Å². The number of hydrogen-bond acceptors (Lipinski definition) is 5. The Bertz CT molecular complexity index is 913. The number of benzene rings is 1. The fourth-order valence-electron chi connectivity index (χ4n) is 5.54. The minimum Gasteiger partial charge on any atom is -0.453 e. The number of nitrogens with zero attached hydrogens (tertiary/aromatic N) is 1. The molecule has 0 spiro atoms. The molecule has 2 amide bonds. The van der Waals surface area contributed by atoms with Crippen LogP contribution in [0.2, 0.25) is 0 Å². The molecule has 1 heterocycles. The largest absolute Gasteiger partial charge is 0.453 e. The Morgan fingerprint density at radius 2 is 1.59 bits per heavy atom. The zero-order chi connectivity index (χ0) is 20.4. The van der Waals surface area contributed by atoms with Crippen LogP contribution in [0.3, 0.4) is 0 Å². The SMILES string of the molecule is Cc1ccc(C(=O)[C@H](C)OC(=O)CN2C(=O)[C@@H]3[C@H]4C=C[C@@H]([C@@H]5C[C@@H]45)[C@@H]3C2=O)cc1. The fraction of sp³-hybridized carbons (Fsp3) is 0.478. The average Bonchev–Trinajstić information content (AvgIpc) is 3.49. The maximum atomic E-state index is 12.9. The van der Waals surface area contributed by atoms with Crippen molar-refractivity contribution in [3.05, 3.63) is 47.5 Å². The highest BCUT2D eigenvalue weighted by Crippen LogP contribution is 2.65. The molecule has 3 fully saturated rings. The van der Waals surface area contributed by atoms with Crippen molar-refractivity contribution in [1.29, 1.82) is 0 Å². The highest BCUT2D eigenvalue weighted by Gasteiger charge is 2.67. The first-order chi connectivity index (χ1) is 13.9. The molecule has 5 aliphatic rings. The van der Waals surface area contributed by atoms with E-state index in [0.717, 1.165) is 16.9 Å². The lowest BCUT2D eigenvalue weighted by atomic mass is 9.63. The molecule has 150 valence electrons. The first-order valence-corrected chi connectivity index (χ1v) is 10.2. The quantitative estimate of drug-likeness (QED) is 0.331. The highest BCUT2D eigenvalue weighted by molar-refractivity contribution is 6.08. The van der Waals surface area contributed by atoms with Crippen molar-refractivity contribution in [1.82, 2.24) is 4.90 Å². The Balaban J connectivity index is 1.24. The van der Waals surface area contributed by atoms with E-state index in [-0.39, 0.29) is 41.3 Å². The Hall–Kier alpha value is -2.76. The number of rotatable bonds is 5. The lowest BCUT2D eigenvalue weighted by molar-refractivity contribution is -0.154. The third-order valence-electron chi connectivity index (χ3n) is 7.05. The van der Waals surface area contributed by atoms with Crippen molar-refractivity contribution in [2.75, 3.05) is 6.54 Å². The standard InChI is InChI=1S/C23H23NO5/c1-11-3-5-13(6-4-11)21(26)12(2)29-18(25)10-24-22(27)19-14-7-8-15(17-9-16(14)17)20(19)23(24)28/h3-8,12,14-17,19-20H,9-10H2,1-2H3/t12-,14-,15-,16-,17-,19-,20+/m0/s1. The molecule has 1 saturated heterocycles. The predicted molar refractivity (Wildman–Crippen MR) is 102 cm³/mol. The number of carbonyl (C=O) groups is 4. The second-order valence-electron chi connectivity index (χ2n) is 8.78. The summed E-state index contributed by atoms with van der Waals surface area (Å²) in [5, 5.41) is 0. The second-order valence-corrected chi connectivity index (χ2v) is 8.78. The van der Waals surface area contributed by atoms with Crippen molar-refractivity contribution in [2.24, 2.45) is 35.5 Å². The fourth-order valence-corrected chi connectivity index (χ4v) is 5.54. The zero-order valence-corrected chi connectivity index (χ0v) is 16.4. The van der Waals surface area contributed by atoms with Crippen LogP contribution < -0.4 is 0 Å². The number of hydrogen-bond donors (Lipinski definition) is 0. The van der Waals surface area contributed by atoms with Crippen molar-refractivity contribution >= 4 is 23.6 Å². The van der Waals surface area contributed by atoms with E-state index >= 15 is 0 Å². The summed E-state index contributed by atoms with van der Waals surface area (Å²) in [5.74, 6) is -0.968. The minimum atomic E-state index is -0.981. The highest BCUT2D eigenvalue weighted by atomic mass is 16.5. The summed E-state index contributed by atoms with van der Waals surface area (Å²) in [5.41, 5.74) is 1.48. The summed E-state index contributed by atoms with van der Waals surface area (Å²) in [7, 11) is 0. The van der Waals surface area contributed by atoms with Crippen LogP contribution in [0.25, 0.3) is 0 Å². The molecule has 1 aliphatic heterocycles. The summed E-state index contributed by atoms with van der Waals surface area (Å²) < 4.78 is 5.26. The summed E-state index contributed by atoms with van der Waals surface area (Å²) in [6.45, 7) is 3.00. The van der Waals surface area contributed by atoms with Gasteiger partial charge in [0.05, 0.1) is 11.8 Å². The van der Waals surface area contributed by atoms with E-state index in [1.807, 2.05) is 19.1 Å². The molecule has 29 heavy (non-hydrogen) atoms. The van der Waals surface area contributed by atoms with Gasteiger partial charge < -0.3 is 4.74 Å². The van der Waals surface area contributed by atoms with Crippen LogP contribution in [0.1, 0.15) is 29.3 Å². The van der Waals surface area contributed by atoms with Crippen LogP contribution in [0.5, 0.6) is 0 Å². The number of allylic oxidation sites excluding steroid dienone is 2. The maximum absolute atomic E-state index is 12.9. The summed E-state index contributed by atoms with van der Waals surface area (Å²) >= 11 is 0. The van der Waals surface area contributed by atoms with Crippen molar-refractivity contribution < 1.29 is 23.9 Å². The summed E-state index contributed by atoms with van der Waals surface area (Å²) in [6.07, 6.45) is 4.30. The lowest BCUT2D eigenvalue weighted by Crippen LogP contribution is -2.40. The van der Waals surface area contributed by atoms with Crippen LogP contribution in [-0.2, 0) is 19.1 Å². The van der Waals surface area contributed by atoms with E-state index in [2.05, 4.69) is 12.2 Å². The van der Waals surface area contributed by atoms with Gasteiger partial charge in [-0.2, -0.15) is 0 Å². The van der Waals surface area contributed by atoms with E-state index in [0.29, 0.717) is 17.4 Å². The molecule has 6 heteroatoms. The number of aryl methyl sites for hydroxylation is 1. The molecule has 0 unspecified atom stereocenters. The molecular weight excluding hydrogens is 370 g/mol. The van der Waals surface area contributed by atoms with Crippen LogP contribution in [-0.4, -0.2) is 41.1 Å². The number of imide groups is 1. The van der Waals surface area contributed by atoms with Gasteiger partial charge in [0.1, 0.15) is 6.54 Å². The average molecular weight is 393 g/mol. The number of likely N-dealkylation sites (tertiary alicyclic amines) is 1. The molecule has 4 aliphatic carbocycles. The zero-order valence-electron chi connectivity index (χ0n) is 16.4. The minimum absolute atomic E-state index is 0.120. The molecule has 6 nitrogen and oxygen atoms in total. The van der Waals surface area contributed by atoms with Gasteiger partial charge in [-0.05, 0) is 43.9 Å². The Morgan fingerprint density at radius 3 is 2.14 bits per heavy atom. The number of Topliss-reactive ketones (excluding diaryl/α,β-unsaturated/α-hetero) is 1. The molecule has 2 saturated carbocycles. The van der Waals surface area contributed by atoms with Crippen LogP contribution >= 0.6 is 0 Å². The van der Waals surface area contributed by atoms with Gasteiger partial charge in [-0.1, -0.05) is 42.0 Å². The monoisotopic (exact) mass is 393 g/mol. The molecule has 1 aromatic rings. The Labute approximate surface area is 168 Å². The van der Waals surface area contributed by atoms with E-state index in [9.17, 15) is 19.2 Å². The van der Waals surface area contributed by atoms with E-state index in [1.54, 1.807) is 12.1 Å². The molecule has 0 radical (unpaired) electrons. The molecule has 6 rings (SSSR count). The van der Waals surface area contributed by atoms with Gasteiger partial charge in [0, 0.05) is 5.56 Å². The van der Waals surface area contributed by atoms with Gasteiger partial charge in [0.2, 0.25) is 17.6 Å². The Kier molecular flexibility index (Phi) is 4.02. The van der Waals surface area contributed by atoms with Gasteiger partial charge in [0.15, 0.2) is 6.10 Å². The van der Waals surface area contributed by atoms with Gasteiger partial charge in [-0.15, -0.1) is 0 Å². The van der Waals surface area contributed by atoms with Crippen LogP contribution in [0.15, 0.2) is 36.4 Å². The van der Waals surface area contributed by atoms with E-state index in [4.69, 9.17) is 4.74 Å². The van der Waals surface area contributed by atoms with Crippen LogP contribution in [0, 0.1) is 42.4 Å². The first-order valence-electron chi connectivity index (χ1n) is 10.2. The molecule has 1 aromatic carbocycles. The second kappa shape index (κ2) is 6.37. The van der Waals surface area contributed by atoms with Gasteiger partial charge in [0.25, 0.3) is 0 Å². The summed E-state index contributed by atoms with van der Waals surface area (Å²) in [4.78, 5) is 51.7. The third-order valence-corrected chi connectivity index (χ3v) is 7.05. The summed E-state index contributed by atoms with van der Waals surface area (Å²) in [6, 6.07) is 7.01. The molecule has 7 atom stereocenters. The van der Waals surface area contributed by atoms with Crippen molar-refractivity contribution in [3.63, 3.8) is 0 Å². The lowest BCUT2D eigenvalue weighted by Gasteiger charge is -2.37. The molecule has 0 aromatic heterocycles. The van der Waals surface area contributed by atoms with E-state index < -0.39 is 18.6 Å². The van der Waals surface area contributed by atoms with Crippen molar-refractivity contribution in [2.45, 2.75) is 26.4 Å². The number of ketones is 1. The third kappa shape index (κ3) is 2.76. The van der Waals surface area contributed by atoms with Gasteiger partial charge in [-0.3, -0.25) is 24.1 Å². The van der Waals surface area contributed by atoms with Gasteiger partial charge in [-0.25, -0.2) is 0 Å². The topological polar surface area (TPSA) is 80.8 Å². The first kappa shape index (κ1) is 18.3. The number of amides is 2. The molecule has 2 bridgehead atoms. The smallest absolute Gasteiger partial charge is 0.326 e.